The van der Waals surface area contributed by atoms with E-state index in [9.17, 15) is 28.2 Å². The predicted octanol–water partition coefficient (Wildman–Crippen LogP) is 0.837. The van der Waals surface area contributed by atoms with Gasteiger partial charge in [0.05, 0.1) is 11.2 Å². The third kappa shape index (κ3) is 6.15. The Morgan fingerprint density at radius 1 is 1.02 bits per heavy atom. The lowest BCUT2D eigenvalue weighted by Crippen LogP contribution is -2.42. The molecule has 4 atom stereocenters. The fraction of sp³-hybridized carbons (Fsp3) is 0.480. The summed E-state index contributed by atoms with van der Waals surface area (Å²) < 4.78 is 35.2. The molecule has 2 aliphatic rings. The highest BCUT2D eigenvalue weighted by molar-refractivity contribution is 7.89. The molecular formula is C25H32N8O7S. The summed E-state index contributed by atoms with van der Waals surface area (Å²) >= 11 is 0. The van der Waals surface area contributed by atoms with Gasteiger partial charge in [-0.25, -0.2) is 32.9 Å². The summed E-state index contributed by atoms with van der Waals surface area (Å²) in [6, 6.07) is 5.06. The van der Waals surface area contributed by atoms with Crippen LogP contribution in [0.1, 0.15) is 45.3 Å². The fourth-order valence-corrected chi connectivity index (χ4v) is 6.31. The Morgan fingerprint density at radius 2 is 1.76 bits per heavy atom. The Labute approximate surface area is 235 Å². The number of aliphatic hydroxyl groups excluding tert-OH is 2. The molecule has 1 saturated heterocycles. The van der Waals surface area contributed by atoms with Crippen LogP contribution >= 0.6 is 0 Å². The van der Waals surface area contributed by atoms with Crippen molar-refractivity contribution in [3.8, 4) is 0 Å². The van der Waals surface area contributed by atoms with Gasteiger partial charge in [0.25, 0.3) is 5.91 Å². The average Bonchev–Trinajstić information content (AvgIpc) is 3.51. The van der Waals surface area contributed by atoms with Gasteiger partial charge in [-0.1, -0.05) is 19.3 Å². The molecule has 1 aliphatic heterocycles. The van der Waals surface area contributed by atoms with Crippen LogP contribution in [-0.2, 0) is 19.6 Å². The molecule has 1 unspecified atom stereocenters. The van der Waals surface area contributed by atoms with Gasteiger partial charge >= 0.3 is 6.03 Å². The highest BCUT2D eigenvalue weighted by Gasteiger charge is 2.47. The molecule has 0 bridgehead atoms. The van der Waals surface area contributed by atoms with E-state index in [1.54, 1.807) is 6.92 Å². The second kappa shape index (κ2) is 12.0. The third-order valence-electron chi connectivity index (χ3n) is 7.06. The van der Waals surface area contributed by atoms with Gasteiger partial charge in [-0.05, 0) is 44.0 Å². The maximum Gasteiger partial charge on any atom is 0.324 e. The largest absolute Gasteiger partial charge is 0.387 e. The Balaban J connectivity index is 1.25. The molecule has 3 aromatic rings. The first-order chi connectivity index (χ1) is 19.7. The zero-order valence-corrected chi connectivity index (χ0v) is 23.0. The smallest absolute Gasteiger partial charge is 0.324 e. The van der Waals surface area contributed by atoms with Crippen LogP contribution in [0, 0.1) is 0 Å². The Kier molecular flexibility index (Phi) is 8.46. The van der Waals surface area contributed by atoms with Gasteiger partial charge in [0.15, 0.2) is 29.3 Å². The molecule has 15 nitrogen and oxygen atoms in total. The summed E-state index contributed by atoms with van der Waals surface area (Å²) in [7, 11) is -3.67. The van der Waals surface area contributed by atoms with Crippen LogP contribution in [0.25, 0.3) is 11.2 Å². The van der Waals surface area contributed by atoms with Crippen molar-refractivity contribution in [1.82, 2.24) is 29.6 Å². The molecule has 6 N–H and O–H groups in total. The Hall–Kier alpha value is -3.70. The molecule has 2 fully saturated rings. The maximum absolute atomic E-state index is 12.7. The molecule has 0 spiro atoms. The van der Waals surface area contributed by atoms with Gasteiger partial charge in [0, 0.05) is 18.3 Å². The number of aliphatic hydroxyl groups is 2. The van der Waals surface area contributed by atoms with Crippen LogP contribution in [0.3, 0.4) is 0 Å². The number of hydrogen-bond acceptors (Lipinski definition) is 10. The van der Waals surface area contributed by atoms with Crippen LogP contribution in [-0.4, -0.2) is 81.0 Å². The number of amides is 3. The number of anilines is 2. The molecule has 1 saturated carbocycles. The van der Waals surface area contributed by atoms with Crippen molar-refractivity contribution in [3.63, 3.8) is 0 Å². The minimum Gasteiger partial charge on any atom is -0.387 e. The Morgan fingerprint density at radius 3 is 2.46 bits per heavy atom. The molecule has 0 radical (unpaired) electrons. The standard InChI is InChI=1S/C25H32N8O7S/c1-2-26-23(36)20-18(34)19(35)24(40-20)33-13-29-17-21(27-12-28-22(17)33)31-25(37)30-14-8-10-16(11-9-14)41(38,39)32-15-6-4-3-5-7-15/h8-13,15,18-20,24,32,34-35H,2-7H2,1H3,(H,26,36)(H2,27,28,30,31,37)/t18?,19-,20-,24+/m0/s1. The quantitative estimate of drug-likeness (QED) is 0.218. The van der Waals surface area contributed by atoms with Crippen molar-refractivity contribution in [3.05, 3.63) is 36.9 Å². The first-order valence-electron chi connectivity index (χ1n) is 13.3. The first kappa shape index (κ1) is 28.8. The number of sulfonamides is 1. The summed E-state index contributed by atoms with van der Waals surface area (Å²) in [5, 5.41) is 28.6. The fourth-order valence-electron chi connectivity index (χ4n) is 5.01. The molecule has 3 amide bonds. The van der Waals surface area contributed by atoms with E-state index in [0.29, 0.717) is 12.2 Å². The van der Waals surface area contributed by atoms with Crippen LogP contribution in [0.4, 0.5) is 16.3 Å². The number of aromatic nitrogens is 4. The number of imidazole rings is 1. The van der Waals surface area contributed by atoms with Crippen molar-refractivity contribution in [1.29, 1.82) is 0 Å². The molecular weight excluding hydrogens is 556 g/mol. The van der Waals surface area contributed by atoms with Crippen molar-refractivity contribution < 1.29 is 33.0 Å². The van der Waals surface area contributed by atoms with Gasteiger partial charge in [0.2, 0.25) is 10.0 Å². The van der Waals surface area contributed by atoms with E-state index in [0.717, 1.165) is 32.1 Å². The molecule has 3 heterocycles. The van der Waals surface area contributed by atoms with E-state index in [-0.39, 0.29) is 27.9 Å². The predicted molar refractivity (Wildman–Crippen MR) is 146 cm³/mol. The zero-order chi connectivity index (χ0) is 29.1. The number of nitrogens with zero attached hydrogens (tertiary/aromatic N) is 4. The monoisotopic (exact) mass is 588 g/mol. The summed E-state index contributed by atoms with van der Waals surface area (Å²) in [5.74, 6) is -0.513. The number of benzene rings is 1. The summed E-state index contributed by atoms with van der Waals surface area (Å²) in [5.41, 5.74) is 0.704. The number of fused-ring (bicyclic) bond motifs is 1. The van der Waals surface area contributed by atoms with Gasteiger partial charge in [-0.15, -0.1) is 0 Å². The molecule has 220 valence electrons. The van der Waals surface area contributed by atoms with Crippen molar-refractivity contribution >= 4 is 44.6 Å². The highest BCUT2D eigenvalue weighted by atomic mass is 32.2. The van der Waals surface area contributed by atoms with Crippen molar-refractivity contribution in [2.45, 2.75) is 74.5 Å². The lowest BCUT2D eigenvalue weighted by atomic mass is 9.96. The van der Waals surface area contributed by atoms with Gasteiger partial charge in [-0.2, -0.15) is 0 Å². The van der Waals surface area contributed by atoms with Crippen LogP contribution in [0.15, 0.2) is 41.8 Å². The van der Waals surface area contributed by atoms with Gasteiger partial charge in [-0.3, -0.25) is 14.7 Å². The zero-order valence-electron chi connectivity index (χ0n) is 22.2. The molecule has 1 aliphatic carbocycles. The second-order valence-corrected chi connectivity index (χ2v) is 11.6. The van der Waals surface area contributed by atoms with Crippen molar-refractivity contribution in [2.24, 2.45) is 0 Å². The van der Waals surface area contributed by atoms with E-state index in [2.05, 4.69) is 35.6 Å². The molecule has 41 heavy (non-hydrogen) atoms. The molecule has 16 heteroatoms. The first-order valence-corrected chi connectivity index (χ1v) is 14.8. The minimum atomic E-state index is -3.67. The van der Waals surface area contributed by atoms with Gasteiger partial charge in [0.1, 0.15) is 18.5 Å². The number of urea groups is 1. The number of ether oxygens (including phenoxy) is 1. The highest BCUT2D eigenvalue weighted by Crippen LogP contribution is 2.32. The van der Waals surface area contributed by atoms with Crippen LogP contribution < -0.4 is 20.7 Å². The lowest BCUT2D eigenvalue weighted by molar-refractivity contribution is -0.137. The van der Waals surface area contributed by atoms with E-state index in [1.165, 1.54) is 41.5 Å². The summed E-state index contributed by atoms with van der Waals surface area (Å²) in [4.78, 5) is 37.5. The average molecular weight is 589 g/mol. The van der Waals surface area contributed by atoms with Crippen LogP contribution in [0.2, 0.25) is 0 Å². The van der Waals surface area contributed by atoms with Crippen molar-refractivity contribution in [2.75, 3.05) is 17.2 Å². The summed E-state index contributed by atoms with van der Waals surface area (Å²) in [6.45, 7) is 2.04. The molecule has 1 aromatic carbocycles. The second-order valence-electron chi connectivity index (χ2n) is 9.93. The van der Waals surface area contributed by atoms with E-state index < -0.39 is 46.5 Å². The number of hydrogen-bond donors (Lipinski definition) is 6. The van der Waals surface area contributed by atoms with E-state index >= 15 is 0 Å². The Bertz CT molecular complexity index is 1510. The lowest BCUT2D eigenvalue weighted by Gasteiger charge is -2.22. The van der Waals surface area contributed by atoms with Gasteiger partial charge < -0.3 is 25.6 Å². The normalized spacial score (nSPS) is 23.4. The van der Waals surface area contributed by atoms with Crippen LogP contribution in [0.5, 0.6) is 0 Å². The number of carbonyl (C=O) groups is 2. The summed E-state index contributed by atoms with van der Waals surface area (Å²) in [6.07, 6.45) is 1.86. The van der Waals surface area contributed by atoms with E-state index in [4.69, 9.17) is 4.74 Å². The SMILES string of the molecule is CCNC(=O)[C@H]1O[C@@H](n2cnc3c(NC(=O)Nc4ccc(S(=O)(=O)NC5CCCCC5)cc4)ncnc32)[C@@H](O)C1O. The maximum atomic E-state index is 12.7. The number of rotatable bonds is 8. The van der Waals surface area contributed by atoms with E-state index in [1.807, 2.05) is 0 Å². The number of likely N-dealkylation sites (N-methyl/N-ethyl adjacent to an activating group) is 1. The molecule has 2 aromatic heterocycles. The minimum absolute atomic E-state index is 0.0513. The topological polar surface area (TPSA) is 210 Å². The molecule has 5 rings (SSSR count). The number of nitrogens with one attached hydrogen (secondary N) is 4. The third-order valence-corrected chi connectivity index (χ3v) is 8.60. The number of carbonyl (C=O) groups excluding carboxylic acids is 2.